The second kappa shape index (κ2) is 9.12. The van der Waals surface area contributed by atoms with Gasteiger partial charge in [-0.05, 0) is 35.1 Å². The Morgan fingerprint density at radius 1 is 1.09 bits per heavy atom. The van der Waals surface area contributed by atoms with Crippen LogP contribution in [0.1, 0.15) is 41.6 Å². The van der Waals surface area contributed by atoms with E-state index in [9.17, 15) is 14.7 Å². The maximum absolute atomic E-state index is 13.2. The van der Waals surface area contributed by atoms with Gasteiger partial charge in [-0.3, -0.25) is 4.90 Å². The van der Waals surface area contributed by atoms with E-state index in [1.54, 1.807) is 13.8 Å². The van der Waals surface area contributed by atoms with Crippen molar-refractivity contribution in [1.29, 1.82) is 0 Å². The van der Waals surface area contributed by atoms with Gasteiger partial charge in [-0.15, -0.1) is 11.3 Å². The fraction of sp³-hybridized carbons (Fsp3) is 0.320. The van der Waals surface area contributed by atoms with Crippen LogP contribution >= 0.6 is 11.3 Å². The van der Waals surface area contributed by atoms with Crippen LogP contribution in [0.3, 0.4) is 0 Å². The van der Waals surface area contributed by atoms with Crippen molar-refractivity contribution in [2.24, 2.45) is 5.92 Å². The van der Waals surface area contributed by atoms with E-state index >= 15 is 0 Å². The number of hydrogen-bond acceptors (Lipinski definition) is 5. The molecule has 0 aliphatic heterocycles. The molecule has 32 heavy (non-hydrogen) atoms. The minimum Gasteiger partial charge on any atom is -0.480 e. The van der Waals surface area contributed by atoms with Gasteiger partial charge in [0.15, 0.2) is 0 Å². The third-order valence-corrected chi connectivity index (χ3v) is 6.61. The van der Waals surface area contributed by atoms with Gasteiger partial charge >= 0.3 is 12.1 Å². The average molecular weight is 451 g/mol. The second-order valence-corrected chi connectivity index (χ2v) is 9.38. The first kappa shape index (κ1) is 22.0. The topological polar surface area (TPSA) is 79.7 Å². The molecule has 0 spiro atoms. The lowest BCUT2D eigenvalue weighted by atomic mass is 9.98. The molecule has 1 aliphatic rings. The Hall–Kier alpha value is -3.19. The number of carboxylic acids is 1. The molecule has 4 rings (SSSR count). The molecule has 7 heteroatoms. The number of aromatic nitrogens is 1. The van der Waals surface area contributed by atoms with Crippen LogP contribution in [-0.2, 0) is 16.1 Å². The number of hydrogen-bond donors (Lipinski definition) is 1. The first-order valence-electron chi connectivity index (χ1n) is 10.6. The molecule has 1 N–H and O–H groups in total. The van der Waals surface area contributed by atoms with Crippen molar-refractivity contribution in [2.75, 3.05) is 6.61 Å². The van der Waals surface area contributed by atoms with Gasteiger partial charge in [0.25, 0.3) is 0 Å². The zero-order valence-corrected chi connectivity index (χ0v) is 19.1. The van der Waals surface area contributed by atoms with Crippen LogP contribution < -0.4 is 0 Å². The first-order chi connectivity index (χ1) is 15.4. The molecule has 166 valence electrons. The van der Waals surface area contributed by atoms with E-state index in [0.717, 1.165) is 27.3 Å². The highest BCUT2D eigenvalue weighted by atomic mass is 32.1. The Balaban J connectivity index is 1.58. The predicted molar refractivity (Wildman–Crippen MR) is 124 cm³/mol. The van der Waals surface area contributed by atoms with Crippen molar-refractivity contribution in [2.45, 2.75) is 39.3 Å². The molecule has 1 atom stereocenters. The van der Waals surface area contributed by atoms with Crippen LogP contribution in [0.15, 0.2) is 53.9 Å². The van der Waals surface area contributed by atoms with Gasteiger partial charge in [-0.1, -0.05) is 62.4 Å². The maximum Gasteiger partial charge on any atom is 0.410 e. The third-order valence-electron chi connectivity index (χ3n) is 5.79. The monoisotopic (exact) mass is 450 g/mol. The van der Waals surface area contributed by atoms with Crippen LogP contribution in [0.4, 0.5) is 4.79 Å². The molecule has 6 nitrogen and oxygen atoms in total. The Morgan fingerprint density at radius 2 is 1.69 bits per heavy atom. The van der Waals surface area contributed by atoms with Gasteiger partial charge in [0, 0.05) is 11.3 Å². The molecular formula is C25H26N2O4S. The number of carbonyl (C=O) groups excluding carboxylic acids is 1. The highest BCUT2D eigenvalue weighted by molar-refractivity contribution is 7.09. The van der Waals surface area contributed by atoms with Gasteiger partial charge in [-0.25, -0.2) is 14.6 Å². The number of carboxylic acid groups (broad SMARTS) is 1. The van der Waals surface area contributed by atoms with Crippen molar-refractivity contribution in [3.63, 3.8) is 0 Å². The van der Waals surface area contributed by atoms with Crippen molar-refractivity contribution in [3.8, 4) is 11.1 Å². The number of fused-ring (bicyclic) bond motifs is 3. The zero-order chi connectivity index (χ0) is 22.8. The zero-order valence-electron chi connectivity index (χ0n) is 18.3. The average Bonchev–Trinajstić information content (AvgIpc) is 3.32. The van der Waals surface area contributed by atoms with Crippen LogP contribution in [0.5, 0.6) is 0 Å². The fourth-order valence-electron chi connectivity index (χ4n) is 4.39. The largest absolute Gasteiger partial charge is 0.480 e. The molecule has 2 aromatic carbocycles. The third kappa shape index (κ3) is 4.25. The summed E-state index contributed by atoms with van der Waals surface area (Å²) in [5.74, 6) is -1.43. The summed E-state index contributed by atoms with van der Waals surface area (Å²) in [6.07, 6.45) is -0.640. The van der Waals surface area contributed by atoms with Gasteiger partial charge in [0.05, 0.1) is 17.2 Å². The molecule has 1 heterocycles. The van der Waals surface area contributed by atoms with Crippen molar-refractivity contribution < 1.29 is 19.4 Å². The lowest BCUT2D eigenvalue weighted by molar-refractivity contribution is -0.144. The summed E-state index contributed by atoms with van der Waals surface area (Å²) in [5.41, 5.74) is 5.17. The molecule has 0 bridgehead atoms. The Bertz CT molecular complexity index is 1090. The van der Waals surface area contributed by atoms with Crippen LogP contribution in [-0.4, -0.2) is 39.7 Å². The van der Waals surface area contributed by atoms with Gasteiger partial charge in [0.2, 0.25) is 0 Å². The van der Waals surface area contributed by atoms with Crippen LogP contribution in [0.2, 0.25) is 0 Å². The normalized spacial score (nSPS) is 13.5. The van der Waals surface area contributed by atoms with Gasteiger partial charge < -0.3 is 9.84 Å². The Morgan fingerprint density at radius 3 is 2.19 bits per heavy atom. The standard InChI is InChI=1S/C25H26N2O4S/c1-15(2)23(24(28)29)27(12-17-14-32-16(3)26-17)25(30)31-13-22-20-10-6-4-8-18(20)19-9-5-7-11-21(19)22/h4-11,14-15,22-23H,12-13H2,1-3H3,(H,28,29). The van der Waals surface area contributed by atoms with Crippen molar-refractivity contribution >= 4 is 23.4 Å². The van der Waals surface area contributed by atoms with E-state index in [2.05, 4.69) is 29.2 Å². The molecule has 1 unspecified atom stereocenters. The smallest absolute Gasteiger partial charge is 0.410 e. The summed E-state index contributed by atoms with van der Waals surface area (Å²) in [5, 5.41) is 12.5. The lowest BCUT2D eigenvalue weighted by Gasteiger charge is -2.30. The molecule has 1 aromatic heterocycles. The molecule has 3 aromatic rings. The highest BCUT2D eigenvalue weighted by Gasteiger charge is 2.35. The molecule has 0 radical (unpaired) electrons. The number of ether oxygens (including phenoxy) is 1. The summed E-state index contributed by atoms with van der Waals surface area (Å²) >= 11 is 1.47. The summed E-state index contributed by atoms with van der Waals surface area (Å²) in [6.45, 7) is 5.69. The summed E-state index contributed by atoms with van der Waals surface area (Å²) in [6, 6.07) is 15.2. The lowest BCUT2D eigenvalue weighted by Crippen LogP contribution is -2.48. The van der Waals surface area contributed by atoms with E-state index in [4.69, 9.17) is 4.74 Å². The molecule has 0 saturated carbocycles. The number of aliphatic carboxylic acids is 1. The minimum absolute atomic E-state index is 0.0861. The quantitative estimate of drug-likeness (QED) is 0.528. The second-order valence-electron chi connectivity index (χ2n) is 8.32. The Labute approximate surface area is 191 Å². The Kier molecular flexibility index (Phi) is 6.28. The number of rotatable bonds is 7. The van der Waals surface area contributed by atoms with Crippen molar-refractivity contribution in [3.05, 3.63) is 75.7 Å². The molecule has 0 saturated heterocycles. The van der Waals surface area contributed by atoms with E-state index in [-0.39, 0.29) is 25.0 Å². The first-order valence-corrected chi connectivity index (χ1v) is 11.5. The number of nitrogens with zero attached hydrogens (tertiary/aromatic N) is 2. The molecule has 0 fully saturated rings. The fourth-order valence-corrected chi connectivity index (χ4v) is 4.99. The summed E-state index contributed by atoms with van der Waals surface area (Å²) < 4.78 is 5.76. The van der Waals surface area contributed by atoms with E-state index in [1.807, 2.05) is 36.6 Å². The molecular weight excluding hydrogens is 424 g/mol. The van der Waals surface area contributed by atoms with Crippen LogP contribution in [0.25, 0.3) is 11.1 Å². The number of carbonyl (C=O) groups is 2. The molecule has 1 amide bonds. The number of amides is 1. The van der Waals surface area contributed by atoms with E-state index in [1.165, 1.54) is 16.2 Å². The number of thiazole rings is 1. The number of benzene rings is 2. The summed E-state index contributed by atoms with van der Waals surface area (Å²) in [7, 11) is 0. The summed E-state index contributed by atoms with van der Waals surface area (Å²) in [4.78, 5) is 30.9. The van der Waals surface area contributed by atoms with Gasteiger partial charge in [0.1, 0.15) is 12.6 Å². The van der Waals surface area contributed by atoms with Crippen molar-refractivity contribution in [1.82, 2.24) is 9.88 Å². The number of aryl methyl sites for hydroxylation is 1. The van der Waals surface area contributed by atoms with E-state index < -0.39 is 18.1 Å². The van der Waals surface area contributed by atoms with Gasteiger partial charge in [-0.2, -0.15) is 0 Å². The molecule has 1 aliphatic carbocycles. The van der Waals surface area contributed by atoms with Crippen LogP contribution in [0, 0.1) is 12.8 Å². The predicted octanol–water partition coefficient (Wildman–Crippen LogP) is 5.31. The minimum atomic E-state index is -1.06. The maximum atomic E-state index is 13.2. The SMILES string of the molecule is Cc1nc(CN(C(=O)OCC2c3ccccc3-c3ccccc32)C(C(=O)O)C(C)C)cs1. The highest BCUT2D eigenvalue weighted by Crippen LogP contribution is 2.44. The van der Waals surface area contributed by atoms with E-state index in [0.29, 0.717) is 5.69 Å².